The van der Waals surface area contributed by atoms with Gasteiger partial charge in [0.15, 0.2) is 0 Å². The van der Waals surface area contributed by atoms with Gasteiger partial charge in [0.2, 0.25) is 0 Å². The van der Waals surface area contributed by atoms with Crippen LogP contribution < -0.4 is 5.32 Å². The number of amides is 1. The molecule has 0 bridgehead atoms. The molecular formula is C16H26N4O. The monoisotopic (exact) mass is 290 g/mol. The van der Waals surface area contributed by atoms with Crippen molar-refractivity contribution < 1.29 is 4.79 Å². The van der Waals surface area contributed by atoms with Crippen molar-refractivity contribution >= 4 is 5.91 Å². The number of nitrogens with zero attached hydrogens (tertiary/aromatic N) is 3. The van der Waals surface area contributed by atoms with Gasteiger partial charge < -0.3 is 10.2 Å². The lowest BCUT2D eigenvalue weighted by Crippen LogP contribution is -2.52. The molecule has 2 unspecified atom stereocenters. The summed E-state index contributed by atoms with van der Waals surface area (Å²) in [6.07, 6.45) is 5.90. The molecule has 5 nitrogen and oxygen atoms in total. The molecule has 1 amide bonds. The zero-order chi connectivity index (χ0) is 15.0. The van der Waals surface area contributed by atoms with Crippen molar-refractivity contribution in [1.29, 1.82) is 0 Å². The molecular weight excluding hydrogens is 264 g/mol. The third-order valence-corrected chi connectivity index (χ3v) is 5.10. The number of nitrogens with one attached hydrogen (secondary N) is 1. The zero-order valence-electron chi connectivity index (χ0n) is 13.4. The second-order valence-corrected chi connectivity index (χ2v) is 6.43. The van der Waals surface area contributed by atoms with E-state index in [1.165, 1.54) is 19.3 Å². The largest absolute Gasteiger partial charge is 0.334 e. The van der Waals surface area contributed by atoms with E-state index in [9.17, 15) is 4.79 Å². The zero-order valence-corrected chi connectivity index (χ0v) is 13.4. The summed E-state index contributed by atoms with van der Waals surface area (Å²) in [6.45, 7) is 5.90. The van der Waals surface area contributed by atoms with Crippen molar-refractivity contribution in [2.45, 2.75) is 58.0 Å². The van der Waals surface area contributed by atoms with Crippen LogP contribution in [-0.4, -0.2) is 45.8 Å². The maximum Gasteiger partial charge on any atom is 0.257 e. The van der Waals surface area contributed by atoms with Crippen LogP contribution in [0.15, 0.2) is 0 Å². The number of aromatic nitrogens is 2. The number of hydrogen-bond donors (Lipinski definition) is 1. The molecule has 3 rings (SSSR count). The van der Waals surface area contributed by atoms with Crippen molar-refractivity contribution in [3.63, 3.8) is 0 Å². The number of hydrogen-bond acceptors (Lipinski definition) is 3. The molecule has 1 N–H and O–H groups in total. The van der Waals surface area contributed by atoms with Crippen LogP contribution in [0.5, 0.6) is 0 Å². The molecule has 2 aliphatic heterocycles. The quantitative estimate of drug-likeness (QED) is 0.903. The van der Waals surface area contributed by atoms with E-state index < -0.39 is 0 Å². The fourth-order valence-electron chi connectivity index (χ4n) is 3.89. The van der Waals surface area contributed by atoms with Gasteiger partial charge in [0, 0.05) is 31.4 Å². The van der Waals surface area contributed by atoms with Gasteiger partial charge in [-0.15, -0.1) is 0 Å². The highest BCUT2D eigenvalue weighted by Gasteiger charge is 2.36. The maximum atomic E-state index is 13.1. The van der Waals surface area contributed by atoms with Gasteiger partial charge in [-0.05, 0) is 52.5 Å². The van der Waals surface area contributed by atoms with Crippen LogP contribution in [0.25, 0.3) is 0 Å². The normalized spacial score (nSPS) is 26.3. The molecule has 5 heteroatoms. The Balaban J connectivity index is 1.87. The minimum atomic E-state index is 0.177. The molecule has 21 heavy (non-hydrogen) atoms. The topological polar surface area (TPSA) is 50.2 Å². The van der Waals surface area contributed by atoms with Crippen molar-refractivity contribution in [3.8, 4) is 0 Å². The minimum absolute atomic E-state index is 0.177. The molecule has 1 aromatic heterocycles. The molecule has 0 saturated carbocycles. The van der Waals surface area contributed by atoms with Gasteiger partial charge in [0.25, 0.3) is 5.91 Å². The van der Waals surface area contributed by atoms with Crippen LogP contribution >= 0.6 is 0 Å². The summed E-state index contributed by atoms with van der Waals surface area (Å²) >= 11 is 0. The summed E-state index contributed by atoms with van der Waals surface area (Å²) < 4.78 is 1.81. The fourth-order valence-corrected chi connectivity index (χ4v) is 3.89. The highest BCUT2D eigenvalue weighted by Crippen LogP contribution is 2.27. The van der Waals surface area contributed by atoms with Crippen molar-refractivity contribution in [3.05, 3.63) is 17.0 Å². The van der Waals surface area contributed by atoms with E-state index in [2.05, 4.69) is 15.3 Å². The van der Waals surface area contributed by atoms with Gasteiger partial charge >= 0.3 is 0 Å². The van der Waals surface area contributed by atoms with Gasteiger partial charge in [-0.3, -0.25) is 9.48 Å². The first-order chi connectivity index (χ1) is 10.1. The smallest absolute Gasteiger partial charge is 0.257 e. The van der Waals surface area contributed by atoms with Crippen LogP contribution in [0.1, 0.15) is 53.8 Å². The summed E-state index contributed by atoms with van der Waals surface area (Å²) in [5, 5.41) is 7.98. The summed E-state index contributed by atoms with van der Waals surface area (Å²) in [6, 6.07) is 0.833. The highest BCUT2D eigenvalue weighted by molar-refractivity contribution is 5.96. The second kappa shape index (κ2) is 5.79. The lowest BCUT2D eigenvalue weighted by atomic mass is 9.93. The van der Waals surface area contributed by atoms with Gasteiger partial charge in [-0.2, -0.15) is 5.10 Å². The second-order valence-electron chi connectivity index (χ2n) is 6.43. The van der Waals surface area contributed by atoms with E-state index in [1.807, 2.05) is 25.6 Å². The van der Waals surface area contributed by atoms with E-state index in [-0.39, 0.29) is 5.91 Å². The summed E-state index contributed by atoms with van der Waals surface area (Å²) in [4.78, 5) is 15.2. The van der Waals surface area contributed by atoms with Crippen LogP contribution in [-0.2, 0) is 7.05 Å². The molecule has 0 aliphatic carbocycles. The van der Waals surface area contributed by atoms with Gasteiger partial charge in [0.1, 0.15) is 0 Å². The fraction of sp³-hybridized carbons (Fsp3) is 0.750. The van der Waals surface area contributed by atoms with E-state index in [1.54, 1.807) is 0 Å². The van der Waals surface area contributed by atoms with E-state index in [0.717, 1.165) is 42.9 Å². The van der Waals surface area contributed by atoms with E-state index >= 15 is 0 Å². The number of piperidine rings is 1. The molecule has 2 fully saturated rings. The Morgan fingerprint density at radius 1 is 1.24 bits per heavy atom. The number of carbonyl (C=O) groups is 1. The third-order valence-electron chi connectivity index (χ3n) is 5.10. The highest BCUT2D eigenvalue weighted by atomic mass is 16.2. The first kappa shape index (κ1) is 14.6. The standard InChI is InChI=1S/C16H26N4O/c1-11-15(12(2)19(3)18-11)16(21)20-10-5-4-8-14(20)13-7-6-9-17-13/h13-14,17H,4-10H2,1-3H3. The number of likely N-dealkylation sites (tertiary alicyclic amines) is 1. The average molecular weight is 290 g/mol. The maximum absolute atomic E-state index is 13.1. The molecule has 116 valence electrons. The minimum Gasteiger partial charge on any atom is -0.334 e. The van der Waals surface area contributed by atoms with Crippen molar-refractivity contribution in [2.75, 3.05) is 13.1 Å². The molecule has 3 heterocycles. The first-order valence-electron chi connectivity index (χ1n) is 8.14. The first-order valence-corrected chi connectivity index (χ1v) is 8.14. The van der Waals surface area contributed by atoms with Crippen LogP contribution in [0.2, 0.25) is 0 Å². The number of aryl methyl sites for hydroxylation is 2. The third kappa shape index (κ3) is 2.59. The summed E-state index contributed by atoms with van der Waals surface area (Å²) in [7, 11) is 1.91. The lowest BCUT2D eigenvalue weighted by Gasteiger charge is -2.39. The molecule has 2 aliphatic rings. The Morgan fingerprint density at radius 3 is 2.67 bits per heavy atom. The Bertz CT molecular complexity index is 531. The van der Waals surface area contributed by atoms with Crippen molar-refractivity contribution in [1.82, 2.24) is 20.0 Å². The SMILES string of the molecule is Cc1nn(C)c(C)c1C(=O)N1CCCCC1C1CCCN1. The van der Waals surface area contributed by atoms with Crippen LogP contribution in [0.4, 0.5) is 0 Å². The van der Waals surface area contributed by atoms with E-state index in [0.29, 0.717) is 12.1 Å². The average Bonchev–Trinajstić information content (AvgIpc) is 3.08. The summed E-state index contributed by atoms with van der Waals surface area (Å²) in [5.41, 5.74) is 2.63. The Hall–Kier alpha value is -1.36. The van der Waals surface area contributed by atoms with E-state index in [4.69, 9.17) is 0 Å². The van der Waals surface area contributed by atoms with Crippen LogP contribution in [0, 0.1) is 13.8 Å². The Kier molecular flexibility index (Phi) is 4.02. The molecule has 2 atom stereocenters. The predicted molar refractivity (Wildman–Crippen MR) is 82.4 cm³/mol. The lowest BCUT2D eigenvalue weighted by molar-refractivity contribution is 0.0562. The molecule has 0 spiro atoms. The van der Waals surface area contributed by atoms with Gasteiger partial charge in [-0.25, -0.2) is 0 Å². The Morgan fingerprint density at radius 2 is 2.05 bits per heavy atom. The van der Waals surface area contributed by atoms with Gasteiger partial charge in [-0.1, -0.05) is 0 Å². The van der Waals surface area contributed by atoms with Gasteiger partial charge in [0.05, 0.1) is 11.3 Å². The molecule has 0 radical (unpaired) electrons. The predicted octanol–water partition coefficient (Wildman–Crippen LogP) is 1.78. The molecule has 1 aromatic rings. The van der Waals surface area contributed by atoms with Crippen molar-refractivity contribution in [2.24, 2.45) is 7.05 Å². The molecule has 2 saturated heterocycles. The Labute approximate surface area is 126 Å². The van der Waals surface area contributed by atoms with Crippen LogP contribution in [0.3, 0.4) is 0 Å². The summed E-state index contributed by atoms with van der Waals surface area (Å²) in [5.74, 6) is 0.177. The number of rotatable bonds is 2. The number of carbonyl (C=O) groups excluding carboxylic acids is 1. The molecule has 0 aromatic carbocycles.